The third-order valence-electron chi connectivity index (χ3n) is 2.53. The van der Waals surface area contributed by atoms with Crippen molar-refractivity contribution >= 4 is 5.97 Å². The van der Waals surface area contributed by atoms with Crippen LogP contribution < -0.4 is 0 Å². The molecule has 1 N–H and O–H groups in total. The molecular formula is C13H26O3. The summed E-state index contributed by atoms with van der Waals surface area (Å²) in [5.41, 5.74) is 0. The highest BCUT2D eigenvalue weighted by Crippen LogP contribution is 2.10. The third-order valence-corrected chi connectivity index (χ3v) is 2.53. The van der Waals surface area contributed by atoms with Crippen molar-refractivity contribution in [1.29, 1.82) is 0 Å². The van der Waals surface area contributed by atoms with Crippen LogP contribution in [0.2, 0.25) is 0 Å². The fourth-order valence-corrected chi connectivity index (χ4v) is 1.55. The van der Waals surface area contributed by atoms with Crippen molar-refractivity contribution in [1.82, 2.24) is 0 Å². The second kappa shape index (κ2) is 10.9. The molecule has 0 aliphatic heterocycles. The highest BCUT2D eigenvalue weighted by atomic mass is 16.5. The second-order valence-corrected chi connectivity index (χ2v) is 4.71. The quantitative estimate of drug-likeness (QED) is 0.553. The number of rotatable bonds is 11. The molecule has 0 radical (unpaired) electrons. The van der Waals surface area contributed by atoms with E-state index in [4.69, 9.17) is 9.84 Å². The van der Waals surface area contributed by atoms with E-state index in [9.17, 15) is 4.79 Å². The van der Waals surface area contributed by atoms with E-state index in [0.717, 1.165) is 12.3 Å². The molecule has 0 aliphatic rings. The van der Waals surface area contributed by atoms with Crippen LogP contribution in [0.3, 0.4) is 0 Å². The first-order valence-corrected chi connectivity index (χ1v) is 6.42. The zero-order valence-corrected chi connectivity index (χ0v) is 10.7. The van der Waals surface area contributed by atoms with Crippen LogP contribution in [0.1, 0.15) is 58.8 Å². The van der Waals surface area contributed by atoms with E-state index in [0.29, 0.717) is 13.2 Å². The third kappa shape index (κ3) is 13.4. The topological polar surface area (TPSA) is 46.5 Å². The van der Waals surface area contributed by atoms with Crippen molar-refractivity contribution in [2.75, 3.05) is 13.2 Å². The highest BCUT2D eigenvalue weighted by molar-refractivity contribution is 5.66. The first-order chi connectivity index (χ1) is 7.63. The number of carboxylic acids is 1. The van der Waals surface area contributed by atoms with E-state index in [-0.39, 0.29) is 6.42 Å². The molecule has 0 heterocycles. The van der Waals surface area contributed by atoms with Crippen LogP contribution >= 0.6 is 0 Å². The van der Waals surface area contributed by atoms with E-state index < -0.39 is 5.97 Å². The average molecular weight is 230 g/mol. The van der Waals surface area contributed by atoms with Gasteiger partial charge in [-0.05, 0) is 12.3 Å². The predicted octanol–water partition coefficient (Wildman–Crippen LogP) is 3.47. The number of carbonyl (C=O) groups is 1. The monoisotopic (exact) mass is 230 g/mol. The summed E-state index contributed by atoms with van der Waals surface area (Å²) in [7, 11) is 0. The minimum absolute atomic E-state index is 0.119. The van der Waals surface area contributed by atoms with Crippen LogP contribution in [0.15, 0.2) is 0 Å². The molecule has 0 aromatic carbocycles. The van der Waals surface area contributed by atoms with E-state index in [1.807, 2.05) is 0 Å². The van der Waals surface area contributed by atoms with Gasteiger partial charge >= 0.3 is 5.97 Å². The minimum Gasteiger partial charge on any atom is -0.481 e. The first-order valence-electron chi connectivity index (χ1n) is 6.42. The fraction of sp³-hybridized carbons (Fsp3) is 0.923. The van der Waals surface area contributed by atoms with Gasteiger partial charge in [-0.3, -0.25) is 4.79 Å². The molecular weight excluding hydrogens is 204 g/mol. The smallest absolute Gasteiger partial charge is 0.305 e. The molecule has 0 amide bonds. The molecule has 0 spiro atoms. The van der Waals surface area contributed by atoms with Crippen molar-refractivity contribution in [3.63, 3.8) is 0 Å². The summed E-state index contributed by atoms with van der Waals surface area (Å²) < 4.78 is 5.21. The van der Waals surface area contributed by atoms with Gasteiger partial charge in [0, 0.05) is 6.61 Å². The Morgan fingerprint density at radius 1 is 1.06 bits per heavy atom. The fourth-order valence-electron chi connectivity index (χ4n) is 1.55. The zero-order chi connectivity index (χ0) is 12.2. The Kier molecular flexibility index (Phi) is 10.5. The number of unbranched alkanes of at least 4 members (excludes halogenated alkanes) is 4. The molecule has 96 valence electrons. The lowest BCUT2D eigenvalue weighted by atomic mass is 10.0. The van der Waals surface area contributed by atoms with Crippen molar-refractivity contribution in [3.05, 3.63) is 0 Å². The maximum absolute atomic E-state index is 10.2. The molecule has 0 atom stereocenters. The number of aliphatic carboxylic acids is 1. The summed E-state index contributed by atoms with van der Waals surface area (Å²) in [5, 5.41) is 8.38. The summed E-state index contributed by atoms with van der Waals surface area (Å²) >= 11 is 0. The second-order valence-electron chi connectivity index (χ2n) is 4.71. The van der Waals surface area contributed by atoms with Crippen LogP contribution in [0.4, 0.5) is 0 Å². The molecule has 3 nitrogen and oxygen atoms in total. The van der Waals surface area contributed by atoms with E-state index in [1.54, 1.807) is 0 Å². The van der Waals surface area contributed by atoms with Crippen LogP contribution in [-0.2, 0) is 9.53 Å². The van der Waals surface area contributed by atoms with Crippen LogP contribution in [0.25, 0.3) is 0 Å². The van der Waals surface area contributed by atoms with Gasteiger partial charge in [-0.2, -0.15) is 0 Å². The summed E-state index contributed by atoms with van der Waals surface area (Å²) in [6.45, 7) is 5.58. The number of carboxylic acid groups (broad SMARTS) is 1. The maximum atomic E-state index is 10.2. The van der Waals surface area contributed by atoms with Gasteiger partial charge in [0.2, 0.25) is 0 Å². The van der Waals surface area contributed by atoms with Gasteiger partial charge in [0.1, 0.15) is 0 Å². The lowest BCUT2D eigenvalue weighted by Gasteiger charge is -2.04. The van der Waals surface area contributed by atoms with Gasteiger partial charge in [0.25, 0.3) is 0 Å². The molecule has 0 saturated carbocycles. The van der Waals surface area contributed by atoms with E-state index in [2.05, 4.69) is 13.8 Å². The molecule has 16 heavy (non-hydrogen) atoms. The largest absolute Gasteiger partial charge is 0.481 e. The Morgan fingerprint density at radius 2 is 1.69 bits per heavy atom. The van der Waals surface area contributed by atoms with Gasteiger partial charge in [0.15, 0.2) is 0 Å². The summed E-state index contributed by atoms with van der Waals surface area (Å²) in [4.78, 5) is 10.2. The molecule has 0 fully saturated rings. The van der Waals surface area contributed by atoms with Gasteiger partial charge in [-0.1, -0.05) is 46.0 Å². The summed E-state index contributed by atoms with van der Waals surface area (Å²) in [6, 6.07) is 0. The molecule has 0 rings (SSSR count). The highest BCUT2D eigenvalue weighted by Gasteiger charge is 1.97. The number of hydrogen-bond donors (Lipinski definition) is 1. The Hall–Kier alpha value is -0.570. The number of ether oxygens (including phenoxy) is 1. The first kappa shape index (κ1) is 15.4. The van der Waals surface area contributed by atoms with E-state index in [1.165, 1.54) is 32.1 Å². The van der Waals surface area contributed by atoms with Crippen molar-refractivity contribution in [2.45, 2.75) is 58.8 Å². The molecule has 0 aliphatic carbocycles. The normalized spacial score (nSPS) is 10.9. The minimum atomic E-state index is -0.784. The van der Waals surface area contributed by atoms with E-state index >= 15 is 0 Å². The Labute approximate surface area is 99.2 Å². The van der Waals surface area contributed by atoms with Crippen LogP contribution in [0.5, 0.6) is 0 Å². The lowest BCUT2D eigenvalue weighted by Crippen LogP contribution is -2.03. The SMILES string of the molecule is CC(C)CCCCCCCOCCC(=O)O. The van der Waals surface area contributed by atoms with Gasteiger partial charge < -0.3 is 9.84 Å². The average Bonchev–Trinajstić information content (AvgIpc) is 2.20. The molecule has 0 saturated heterocycles. The summed E-state index contributed by atoms with van der Waals surface area (Å²) in [6.07, 6.45) is 7.62. The zero-order valence-electron chi connectivity index (χ0n) is 10.7. The van der Waals surface area contributed by atoms with Crippen molar-refractivity contribution in [3.8, 4) is 0 Å². The Morgan fingerprint density at radius 3 is 2.31 bits per heavy atom. The molecule has 3 heteroatoms. The van der Waals surface area contributed by atoms with Gasteiger partial charge in [-0.25, -0.2) is 0 Å². The van der Waals surface area contributed by atoms with Crippen molar-refractivity contribution in [2.24, 2.45) is 5.92 Å². The molecule has 0 bridgehead atoms. The van der Waals surface area contributed by atoms with Gasteiger partial charge in [0.05, 0.1) is 13.0 Å². The molecule has 0 aromatic heterocycles. The standard InChI is InChI=1S/C13H26O3/c1-12(2)8-6-4-3-5-7-10-16-11-9-13(14)15/h12H,3-11H2,1-2H3,(H,14,15). The van der Waals surface area contributed by atoms with Crippen molar-refractivity contribution < 1.29 is 14.6 Å². The maximum Gasteiger partial charge on any atom is 0.305 e. The molecule has 0 aromatic rings. The Bertz CT molecular complexity index is 167. The van der Waals surface area contributed by atoms with Crippen LogP contribution in [0, 0.1) is 5.92 Å². The van der Waals surface area contributed by atoms with Crippen LogP contribution in [-0.4, -0.2) is 24.3 Å². The lowest BCUT2D eigenvalue weighted by molar-refractivity contribution is -0.138. The summed E-state index contributed by atoms with van der Waals surface area (Å²) in [5.74, 6) is 0.0352. The Balaban J connectivity index is 2.96. The number of hydrogen-bond acceptors (Lipinski definition) is 2. The predicted molar refractivity (Wildman–Crippen MR) is 65.6 cm³/mol. The molecule has 0 unspecified atom stereocenters. The van der Waals surface area contributed by atoms with Gasteiger partial charge in [-0.15, -0.1) is 0 Å².